The average molecular weight is 264 g/mol. The van der Waals surface area contributed by atoms with E-state index in [1.54, 1.807) is 10.9 Å². The minimum atomic E-state index is -0.433. The number of aromatic nitrogens is 2. The Bertz CT molecular complexity index is 467. The second kappa shape index (κ2) is 5.86. The SMILES string of the molecule is CC(C)n1cc(C(=O)N[C@@H]2CCCCNC2=O)cn1. The zero-order valence-electron chi connectivity index (χ0n) is 11.3. The van der Waals surface area contributed by atoms with Gasteiger partial charge < -0.3 is 10.6 Å². The molecular formula is C13H20N4O2. The molecule has 1 aliphatic rings. The molecule has 1 fully saturated rings. The Morgan fingerprint density at radius 1 is 1.53 bits per heavy atom. The number of nitrogens with one attached hydrogen (secondary N) is 2. The molecule has 2 heterocycles. The van der Waals surface area contributed by atoms with Crippen molar-refractivity contribution in [1.29, 1.82) is 0 Å². The number of nitrogens with zero attached hydrogens (tertiary/aromatic N) is 2. The van der Waals surface area contributed by atoms with Crippen LogP contribution in [0.15, 0.2) is 12.4 Å². The number of amides is 2. The van der Waals surface area contributed by atoms with Crippen molar-refractivity contribution < 1.29 is 9.59 Å². The Morgan fingerprint density at radius 2 is 2.32 bits per heavy atom. The van der Waals surface area contributed by atoms with Crippen molar-refractivity contribution in [3.05, 3.63) is 18.0 Å². The van der Waals surface area contributed by atoms with Crippen molar-refractivity contribution >= 4 is 11.8 Å². The van der Waals surface area contributed by atoms with E-state index >= 15 is 0 Å². The smallest absolute Gasteiger partial charge is 0.255 e. The molecule has 1 aromatic heterocycles. The molecule has 2 amide bonds. The second-order valence-corrected chi connectivity index (χ2v) is 5.12. The first-order chi connectivity index (χ1) is 9.08. The fraction of sp³-hybridized carbons (Fsp3) is 0.615. The van der Waals surface area contributed by atoms with Crippen LogP contribution in [0.2, 0.25) is 0 Å². The van der Waals surface area contributed by atoms with Gasteiger partial charge in [0.15, 0.2) is 0 Å². The maximum atomic E-state index is 12.1. The molecule has 0 saturated carbocycles. The molecule has 2 rings (SSSR count). The third kappa shape index (κ3) is 3.33. The summed E-state index contributed by atoms with van der Waals surface area (Å²) < 4.78 is 1.72. The van der Waals surface area contributed by atoms with E-state index in [1.807, 2.05) is 13.8 Å². The molecule has 0 radical (unpaired) electrons. The van der Waals surface area contributed by atoms with Gasteiger partial charge in [0.1, 0.15) is 6.04 Å². The number of carbonyl (C=O) groups excluding carboxylic acids is 2. The van der Waals surface area contributed by atoms with E-state index in [2.05, 4.69) is 15.7 Å². The molecule has 1 saturated heterocycles. The lowest BCUT2D eigenvalue weighted by Gasteiger charge is -2.14. The van der Waals surface area contributed by atoms with Crippen molar-refractivity contribution in [1.82, 2.24) is 20.4 Å². The van der Waals surface area contributed by atoms with E-state index < -0.39 is 6.04 Å². The summed E-state index contributed by atoms with van der Waals surface area (Å²) in [5, 5.41) is 9.70. The van der Waals surface area contributed by atoms with Gasteiger partial charge in [0.05, 0.1) is 11.8 Å². The first-order valence-corrected chi connectivity index (χ1v) is 6.70. The van der Waals surface area contributed by atoms with Gasteiger partial charge in [0.2, 0.25) is 5.91 Å². The monoisotopic (exact) mass is 264 g/mol. The van der Waals surface area contributed by atoms with Gasteiger partial charge in [0, 0.05) is 18.8 Å². The Balaban J connectivity index is 2.00. The van der Waals surface area contributed by atoms with Gasteiger partial charge in [-0.25, -0.2) is 0 Å². The summed E-state index contributed by atoms with van der Waals surface area (Å²) in [7, 11) is 0. The van der Waals surface area contributed by atoms with Crippen molar-refractivity contribution in [3.63, 3.8) is 0 Å². The highest BCUT2D eigenvalue weighted by molar-refractivity contribution is 5.97. The van der Waals surface area contributed by atoms with Crippen LogP contribution in [0.3, 0.4) is 0 Å². The van der Waals surface area contributed by atoms with Gasteiger partial charge in [-0.1, -0.05) is 0 Å². The summed E-state index contributed by atoms with van der Waals surface area (Å²) in [6.45, 7) is 4.68. The summed E-state index contributed by atoms with van der Waals surface area (Å²) in [5.74, 6) is -0.337. The first kappa shape index (κ1) is 13.6. The van der Waals surface area contributed by atoms with Crippen molar-refractivity contribution in [2.45, 2.75) is 45.2 Å². The van der Waals surface area contributed by atoms with Gasteiger partial charge in [-0.15, -0.1) is 0 Å². The van der Waals surface area contributed by atoms with Gasteiger partial charge in [-0.3, -0.25) is 14.3 Å². The van der Waals surface area contributed by atoms with Crippen LogP contribution in [-0.2, 0) is 4.79 Å². The van der Waals surface area contributed by atoms with Crippen LogP contribution in [0.25, 0.3) is 0 Å². The lowest BCUT2D eigenvalue weighted by atomic mass is 10.1. The van der Waals surface area contributed by atoms with Crippen molar-refractivity contribution in [2.24, 2.45) is 0 Å². The summed E-state index contributed by atoms with van der Waals surface area (Å²) in [5.41, 5.74) is 0.491. The molecule has 0 aliphatic carbocycles. The maximum Gasteiger partial charge on any atom is 0.255 e. The summed E-state index contributed by atoms with van der Waals surface area (Å²) in [6.07, 6.45) is 5.83. The molecule has 2 N–H and O–H groups in total. The number of carbonyl (C=O) groups is 2. The number of hydrogen-bond donors (Lipinski definition) is 2. The molecule has 6 nitrogen and oxygen atoms in total. The largest absolute Gasteiger partial charge is 0.354 e. The van der Waals surface area contributed by atoms with Crippen LogP contribution in [0.1, 0.15) is 49.5 Å². The van der Waals surface area contributed by atoms with Crippen molar-refractivity contribution in [2.75, 3.05) is 6.54 Å². The highest BCUT2D eigenvalue weighted by Gasteiger charge is 2.23. The third-order valence-corrected chi connectivity index (χ3v) is 3.23. The fourth-order valence-corrected chi connectivity index (χ4v) is 2.06. The minimum absolute atomic E-state index is 0.0953. The van der Waals surface area contributed by atoms with Gasteiger partial charge in [-0.2, -0.15) is 5.10 Å². The molecule has 0 spiro atoms. The molecule has 1 aliphatic heterocycles. The van der Waals surface area contributed by atoms with E-state index in [4.69, 9.17) is 0 Å². The average Bonchev–Trinajstić information content (AvgIpc) is 2.78. The normalized spacial score (nSPS) is 19.9. The zero-order chi connectivity index (χ0) is 13.8. The predicted octanol–water partition coefficient (Wildman–Crippen LogP) is 0.862. The molecule has 0 unspecified atom stereocenters. The van der Waals surface area contributed by atoms with Crippen LogP contribution in [0.4, 0.5) is 0 Å². The van der Waals surface area contributed by atoms with Gasteiger partial charge in [-0.05, 0) is 33.1 Å². The van der Waals surface area contributed by atoms with Crippen LogP contribution >= 0.6 is 0 Å². The second-order valence-electron chi connectivity index (χ2n) is 5.12. The van der Waals surface area contributed by atoms with E-state index in [1.165, 1.54) is 6.20 Å². The fourth-order valence-electron chi connectivity index (χ4n) is 2.06. The molecular weight excluding hydrogens is 244 g/mol. The number of hydrogen-bond acceptors (Lipinski definition) is 3. The molecule has 1 aromatic rings. The zero-order valence-corrected chi connectivity index (χ0v) is 11.3. The van der Waals surface area contributed by atoms with Crippen molar-refractivity contribution in [3.8, 4) is 0 Å². The quantitative estimate of drug-likeness (QED) is 0.850. The Morgan fingerprint density at radius 3 is 3.00 bits per heavy atom. The van der Waals surface area contributed by atoms with E-state index in [0.717, 1.165) is 12.8 Å². The summed E-state index contributed by atoms with van der Waals surface area (Å²) in [6, 6.07) is -0.222. The molecule has 6 heteroatoms. The van der Waals surface area contributed by atoms with Crippen LogP contribution in [-0.4, -0.2) is 34.2 Å². The first-order valence-electron chi connectivity index (χ1n) is 6.70. The lowest BCUT2D eigenvalue weighted by molar-refractivity contribution is -0.122. The number of rotatable bonds is 3. The van der Waals surface area contributed by atoms with E-state index in [0.29, 0.717) is 18.5 Å². The molecule has 0 bridgehead atoms. The topological polar surface area (TPSA) is 76.0 Å². The molecule has 1 atom stereocenters. The van der Waals surface area contributed by atoms with Gasteiger partial charge in [0.25, 0.3) is 5.91 Å². The summed E-state index contributed by atoms with van der Waals surface area (Å²) in [4.78, 5) is 23.8. The van der Waals surface area contributed by atoms with Crippen LogP contribution in [0.5, 0.6) is 0 Å². The summed E-state index contributed by atoms with van der Waals surface area (Å²) >= 11 is 0. The van der Waals surface area contributed by atoms with E-state index in [9.17, 15) is 9.59 Å². The van der Waals surface area contributed by atoms with Crippen LogP contribution in [0, 0.1) is 0 Å². The highest BCUT2D eigenvalue weighted by atomic mass is 16.2. The third-order valence-electron chi connectivity index (χ3n) is 3.23. The lowest BCUT2D eigenvalue weighted by Crippen LogP contribution is -2.45. The predicted molar refractivity (Wildman–Crippen MR) is 70.7 cm³/mol. The van der Waals surface area contributed by atoms with E-state index in [-0.39, 0.29) is 17.9 Å². The van der Waals surface area contributed by atoms with Gasteiger partial charge >= 0.3 is 0 Å². The Labute approximate surface area is 112 Å². The maximum absolute atomic E-state index is 12.1. The standard InChI is InChI=1S/C13H20N4O2/c1-9(2)17-8-10(7-15-17)12(18)16-11-5-3-4-6-14-13(11)19/h7-9,11H,3-6H2,1-2H3,(H,14,19)(H,16,18)/t11-/m1/s1. The highest BCUT2D eigenvalue weighted by Crippen LogP contribution is 2.08. The molecule has 19 heavy (non-hydrogen) atoms. The Hall–Kier alpha value is -1.85. The Kier molecular flexibility index (Phi) is 4.19. The van der Waals surface area contributed by atoms with Crippen LogP contribution < -0.4 is 10.6 Å². The molecule has 0 aromatic carbocycles. The minimum Gasteiger partial charge on any atom is -0.354 e. The molecule has 104 valence electrons.